The largest absolute Gasteiger partial charge is 0.375 e. The van der Waals surface area contributed by atoms with Crippen molar-refractivity contribution in [3.05, 3.63) is 0 Å². The van der Waals surface area contributed by atoms with Gasteiger partial charge in [0.25, 0.3) is 0 Å². The van der Waals surface area contributed by atoms with E-state index >= 15 is 0 Å². The topological polar surface area (TPSA) is 87.7 Å². The van der Waals surface area contributed by atoms with Gasteiger partial charge in [0.1, 0.15) is 0 Å². The Hall–Kier alpha value is -1.47. The highest BCUT2D eigenvalue weighted by molar-refractivity contribution is 6.02. The molecule has 1 heterocycles. The minimum absolute atomic E-state index is 0.134. The molecule has 0 saturated carbocycles. The minimum Gasteiger partial charge on any atom is -0.375 e. The van der Waals surface area contributed by atoms with E-state index in [1.165, 1.54) is 4.90 Å². The van der Waals surface area contributed by atoms with E-state index in [2.05, 4.69) is 24.5 Å². The zero-order valence-electron chi connectivity index (χ0n) is 16.2. The molecular formula is C18H33N3O4. The van der Waals surface area contributed by atoms with Crippen molar-refractivity contribution in [1.29, 1.82) is 0 Å². The number of hydrogen-bond donors (Lipinski definition) is 2. The summed E-state index contributed by atoms with van der Waals surface area (Å²) in [6, 6.07) is 0. The number of ether oxygens (including phenoxy) is 1. The Morgan fingerprint density at radius 1 is 1.12 bits per heavy atom. The van der Waals surface area contributed by atoms with E-state index < -0.39 is 5.54 Å². The Labute approximate surface area is 150 Å². The lowest BCUT2D eigenvalue weighted by molar-refractivity contribution is -0.138. The molecule has 0 atom stereocenters. The van der Waals surface area contributed by atoms with Gasteiger partial charge in [0.05, 0.1) is 5.60 Å². The summed E-state index contributed by atoms with van der Waals surface area (Å²) < 4.78 is 5.93. The molecule has 0 aromatic carbocycles. The van der Waals surface area contributed by atoms with Gasteiger partial charge in [0, 0.05) is 38.0 Å². The van der Waals surface area contributed by atoms with E-state index in [1.54, 1.807) is 0 Å². The summed E-state index contributed by atoms with van der Waals surface area (Å²) in [5, 5.41) is 6.07. The Bertz CT molecular complexity index is 473. The van der Waals surface area contributed by atoms with Gasteiger partial charge in [-0.05, 0) is 54.1 Å². The first kappa shape index (κ1) is 21.6. The summed E-state index contributed by atoms with van der Waals surface area (Å²) in [4.78, 5) is 36.4. The molecule has 25 heavy (non-hydrogen) atoms. The number of hydrogen-bond acceptors (Lipinski definition) is 5. The zero-order valence-corrected chi connectivity index (χ0v) is 16.2. The van der Waals surface area contributed by atoms with Crippen molar-refractivity contribution in [1.82, 2.24) is 15.5 Å². The Kier molecular flexibility index (Phi) is 8.02. The molecule has 2 N–H and O–H groups in total. The summed E-state index contributed by atoms with van der Waals surface area (Å²) >= 11 is 0. The Morgan fingerprint density at radius 2 is 1.72 bits per heavy atom. The van der Waals surface area contributed by atoms with Crippen LogP contribution in [0.4, 0.5) is 0 Å². The average Bonchev–Trinajstić information content (AvgIpc) is 2.81. The number of nitrogens with zero attached hydrogens (tertiary/aromatic N) is 1. The fourth-order valence-corrected chi connectivity index (χ4v) is 2.67. The maximum absolute atomic E-state index is 12.1. The van der Waals surface area contributed by atoms with Crippen LogP contribution in [0.5, 0.6) is 0 Å². The molecule has 1 saturated heterocycles. The molecule has 0 bridgehead atoms. The predicted octanol–water partition coefficient (Wildman–Crippen LogP) is 1.22. The maximum Gasteiger partial charge on any atom is 0.229 e. The van der Waals surface area contributed by atoms with Gasteiger partial charge >= 0.3 is 0 Å². The summed E-state index contributed by atoms with van der Waals surface area (Å²) in [7, 11) is 1.91. The SMILES string of the molecule is CNCCC(C)(C)OCCC(C)(C)NC(=O)CCN1C(=O)CCC1=O. The smallest absolute Gasteiger partial charge is 0.229 e. The fourth-order valence-electron chi connectivity index (χ4n) is 2.67. The molecule has 1 fully saturated rings. The molecule has 1 aliphatic heterocycles. The van der Waals surface area contributed by atoms with Gasteiger partial charge in [0.15, 0.2) is 0 Å². The monoisotopic (exact) mass is 355 g/mol. The van der Waals surface area contributed by atoms with Crippen LogP contribution in [-0.2, 0) is 19.1 Å². The van der Waals surface area contributed by atoms with E-state index in [1.807, 2.05) is 20.9 Å². The van der Waals surface area contributed by atoms with Gasteiger partial charge in [-0.15, -0.1) is 0 Å². The minimum atomic E-state index is -0.408. The molecule has 0 spiro atoms. The van der Waals surface area contributed by atoms with E-state index in [0.717, 1.165) is 13.0 Å². The highest BCUT2D eigenvalue weighted by atomic mass is 16.5. The molecule has 7 nitrogen and oxygen atoms in total. The van der Waals surface area contributed by atoms with E-state index in [4.69, 9.17) is 4.74 Å². The second kappa shape index (κ2) is 9.29. The zero-order chi connectivity index (χ0) is 19.1. The van der Waals surface area contributed by atoms with E-state index in [9.17, 15) is 14.4 Å². The summed E-state index contributed by atoms with van der Waals surface area (Å²) in [5.74, 6) is -0.532. The number of amides is 3. The second-order valence-electron chi connectivity index (χ2n) is 7.83. The highest BCUT2D eigenvalue weighted by Gasteiger charge is 2.29. The van der Waals surface area contributed by atoms with Crippen LogP contribution in [0, 0.1) is 0 Å². The molecule has 0 unspecified atom stereocenters. The van der Waals surface area contributed by atoms with Crippen LogP contribution < -0.4 is 10.6 Å². The van der Waals surface area contributed by atoms with Gasteiger partial charge in [0.2, 0.25) is 17.7 Å². The lowest BCUT2D eigenvalue weighted by atomic mass is 10.00. The molecule has 0 aliphatic carbocycles. The number of carbonyl (C=O) groups is 3. The van der Waals surface area contributed by atoms with Crippen molar-refractivity contribution < 1.29 is 19.1 Å². The first-order chi connectivity index (χ1) is 11.6. The van der Waals surface area contributed by atoms with Gasteiger partial charge in [-0.3, -0.25) is 19.3 Å². The van der Waals surface area contributed by atoms with Crippen molar-refractivity contribution in [3.63, 3.8) is 0 Å². The van der Waals surface area contributed by atoms with E-state index in [-0.39, 0.29) is 49.1 Å². The second-order valence-corrected chi connectivity index (χ2v) is 7.83. The first-order valence-electron chi connectivity index (χ1n) is 8.99. The summed E-state index contributed by atoms with van der Waals surface area (Å²) in [6.07, 6.45) is 2.24. The van der Waals surface area contributed by atoms with Crippen molar-refractivity contribution in [2.24, 2.45) is 0 Å². The number of rotatable bonds is 11. The van der Waals surface area contributed by atoms with Gasteiger partial charge in [-0.25, -0.2) is 0 Å². The van der Waals surface area contributed by atoms with Crippen LogP contribution in [-0.4, -0.2) is 60.5 Å². The van der Waals surface area contributed by atoms with Crippen molar-refractivity contribution in [2.45, 2.75) is 70.9 Å². The third kappa shape index (κ3) is 7.96. The van der Waals surface area contributed by atoms with Crippen molar-refractivity contribution >= 4 is 17.7 Å². The molecule has 3 amide bonds. The molecular weight excluding hydrogens is 322 g/mol. The standard InChI is InChI=1S/C18H33N3O4/c1-17(2,10-13-25-18(3,4)9-11-19-5)20-14(22)8-12-21-15(23)6-7-16(21)24/h19H,6-13H2,1-5H3,(H,20,22). The summed E-state index contributed by atoms with van der Waals surface area (Å²) in [6.45, 7) is 9.60. The molecule has 7 heteroatoms. The molecule has 1 aliphatic rings. The van der Waals surface area contributed by atoms with Gasteiger partial charge < -0.3 is 15.4 Å². The number of nitrogens with one attached hydrogen (secondary N) is 2. The van der Waals surface area contributed by atoms with E-state index in [0.29, 0.717) is 13.0 Å². The van der Waals surface area contributed by atoms with Crippen LogP contribution in [0.3, 0.4) is 0 Å². The molecule has 0 aromatic rings. The van der Waals surface area contributed by atoms with Gasteiger partial charge in [-0.2, -0.15) is 0 Å². The van der Waals surface area contributed by atoms with Crippen molar-refractivity contribution in [2.75, 3.05) is 26.7 Å². The fraction of sp³-hybridized carbons (Fsp3) is 0.833. The number of carbonyl (C=O) groups excluding carboxylic acids is 3. The maximum atomic E-state index is 12.1. The molecule has 0 radical (unpaired) electrons. The Morgan fingerprint density at radius 3 is 2.28 bits per heavy atom. The molecule has 1 rings (SSSR count). The molecule has 144 valence electrons. The summed E-state index contributed by atoms with van der Waals surface area (Å²) in [5.41, 5.74) is -0.616. The molecule has 0 aromatic heterocycles. The third-order valence-corrected chi connectivity index (χ3v) is 4.39. The number of likely N-dealkylation sites (tertiary alicyclic amines) is 1. The lowest BCUT2D eigenvalue weighted by Gasteiger charge is -2.30. The predicted molar refractivity (Wildman–Crippen MR) is 96.0 cm³/mol. The van der Waals surface area contributed by atoms with Gasteiger partial charge in [-0.1, -0.05) is 0 Å². The first-order valence-corrected chi connectivity index (χ1v) is 8.99. The lowest BCUT2D eigenvalue weighted by Crippen LogP contribution is -2.46. The normalized spacial score (nSPS) is 15.8. The number of imide groups is 1. The van der Waals surface area contributed by atoms with Crippen LogP contribution in [0.1, 0.15) is 59.8 Å². The quantitative estimate of drug-likeness (QED) is 0.544. The highest BCUT2D eigenvalue weighted by Crippen LogP contribution is 2.17. The third-order valence-electron chi connectivity index (χ3n) is 4.39. The Balaban J connectivity index is 2.32. The van der Waals surface area contributed by atoms with Crippen molar-refractivity contribution in [3.8, 4) is 0 Å². The van der Waals surface area contributed by atoms with Crippen LogP contribution in [0.15, 0.2) is 0 Å². The average molecular weight is 355 g/mol. The van der Waals surface area contributed by atoms with Crippen LogP contribution >= 0.6 is 0 Å². The van der Waals surface area contributed by atoms with Crippen LogP contribution in [0.25, 0.3) is 0 Å². The van der Waals surface area contributed by atoms with Crippen LogP contribution in [0.2, 0.25) is 0 Å².